The normalized spacial score (nSPS) is 37.9. The zero-order chi connectivity index (χ0) is 23.9. The number of carbonyl (C=O) groups is 1. The van der Waals surface area contributed by atoms with Crippen LogP contribution in [0.25, 0.3) is 0 Å². The van der Waals surface area contributed by atoms with Crippen molar-refractivity contribution in [3.8, 4) is 0 Å². The van der Waals surface area contributed by atoms with Crippen molar-refractivity contribution in [2.45, 2.75) is 115 Å². The zero-order valence-corrected chi connectivity index (χ0v) is 21.1. The van der Waals surface area contributed by atoms with Gasteiger partial charge in [0, 0.05) is 18.5 Å². The maximum Gasteiger partial charge on any atom is 0.364 e. The number of hydrogen-bond acceptors (Lipinski definition) is 6. The summed E-state index contributed by atoms with van der Waals surface area (Å²) >= 11 is 0. The number of ketones is 1. The van der Waals surface area contributed by atoms with Gasteiger partial charge in [-0.05, 0) is 99.4 Å². The summed E-state index contributed by atoms with van der Waals surface area (Å²) in [5.74, 6) is 2.14. The molecule has 8 heteroatoms. The van der Waals surface area contributed by atoms with Gasteiger partial charge >= 0.3 is 5.69 Å². The van der Waals surface area contributed by atoms with Crippen molar-refractivity contribution < 1.29 is 9.90 Å². The Morgan fingerprint density at radius 2 is 1.79 bits per heavy atom. The Balaban J connectivity index is 1.23. The molecule has 2 saturated heterocycles. The molecular formula is C26H43N5O3. The fourth-order valence-electron chi connectivity index (χ4n) is 7.72. The van der Waals surface area contributed by atoms with Crippen molar-refractivity contribution in [2.24, 2.45) is 23.7 Å². The monoisotopic (exact) mass is 473 g/mol. The average molecular weight is 474 g/mol. The minimum absolute atomic E-state index is 0.00864. The van der Waals surface area contributed by atoms with Crippen LogP contribution in [-0.4, -0.2) is 60.3 Å². The molecule has 1 aromatic heterocycles. The standard InChI is InChI=1S/C26H43N5O3/c1-18-10-11-19(24(32)16-30-25(33)31(28-27-30)20-7-3-4-8-20)6-5-9-22-21(18)13-15-29-17-26(2,34)14-12-23(22)29/h18-23,34H,3-17H2,1-2H3/t18?,19-,21+,22+,23-,26-/m1/s1. The second-order valence-electron chi connectivity index (χ2n) is 12.1. The molecule has 8 nitrogen and oxygen atoms in total. The van der Waals surface area contributed by atoms with E-state index < -0.39 is 5.60 Å². The van der Waals surface area contributed by atoms with Gasteiger partial charge in [-0.1, -0.05) is 26.2 Å². The number of tetrazole rings is 1. The van der Waals surface area contributed by atoms with Gasteiger partial charge in [0.05, 0.1) is 11.6 Å². The Kier molecular flexibility index (Phi) is 7.00. The van der Waals surface area contributed by atoms with Gasteiger partial charge in [-0.2, -0.15) is 9.36 Å². The van der Waals surface area contributed by atoms with Gasteiger partial charge in [0.25, 0.3) is 0 Å². The van der Waals surface area contributed by atoms with E-state index in [9.17, 15) is 14.7 Å². The van der Waals surface area contributed by atoms with E-state index in [2.05, 4.69) is 22.3 Å². The molecule has 0 radical (unpaired) electrons. The number of nitrogens with zero attached hydrogens (tertiary/aromatic N) is 5. The van der Waals surface area contributed by atoms with E-state index in [1.807, 2.05) is 6.92 Å². The molecule has 2 aliphatic carbocycles. The maximum atomic E-state index is 13.3. The second kappa shape index (κ2) is 9.84. The van der Waals surface area contributed by atoms with E-state index in [4.69, 9.17) is 0 Å². The first-order valence-corrected chi connectivity index (χ1v) is 13.8. The molecule has 2 saturated carbocycles. The van der Waals surface area contributed by atoms with Crippen molar-refractivity contribution in [1.29, 1.82) is 0 Å². The van der Waals surface area contributed by atoms with Gasteiger partial charge in [0.1, 0.15) is 6.54 Å². The maximum absolute atomic E-state index is 13.3. The summed E-state index contributed by atoms with van der Waals surface area (Å²) in [6, 6.07) is 0.728. The third kappa shape index (κ3) is 4.90. The van der Waals surface area contributed by atoms with Crippen LogP contribution in [0.5, 0.6) is 0 Å². The van der Waals surface area contributed by atoms with Crippen LogP contribution in [0.1, 0.15) is 96.9 Å². The third-order valence-electron chi connectivity index (χ3n) is 9.67. The van der Waals surface area contributed by atoms with Crippen molar-refractivity contribution >= 4 is 5.78 Å². The summed E-state index contributed by atoms with van der Waals surface area (Å²) in [5.41, 5.74) is -0.779. The van der Waals surface area contributed by atoms with E-state index in [0.717, 1.165) is 77.3 Å². The molecule has 190 valence electrons. The lowest BCUT2D eigenvalue weighted by molar-refractivity contribution is -0.124. The first kappa shape index (κ1) is 24.2. The molecule has 5 rings (SSSR count). The highest BCUT2D eigenvalue weighted by Gasteiger charge is 2.45. The van der Waals surface area contributed by atoms with E-state index in [-0.39, 0.29) is 30.0 Å². The topological polar surface area (TPSA) is 93.2 Å². The van der Waals surface area contributed by atoms with Crippen LogP contribution >= 0.6 is 0 Å². The molecular weight excluding hydrogens is 430 g/mol. The first-order chi connectivity index (χ1) is 16.3. The van der Waals surface area contributed by atoms with E-state index in [1.54, 1.807) is 0 Å². The van der Waals surface area contributed by atoms with Crippen LogP contribution in [-0.2, 0) is 11.3 Å². The molecule has 0 aromatic carbocycles. The molecule has 0 amide bonds. The van der Waals surface area contributed by atoms with E-state index in [0.29, 0.717) is 23.8 Å². The number of rotatable bonds is 4. The van der Waals surface area contributed by atoms with Gasteiger partial charge in [0.15, 0.2) is 5.78 Å². The molecule has 0 spiro atoms. The van der Waals surface area contributed by atoms with E-state index >= 15 is 0 Å². The summed E-state index contributed by atoms with van der Waals surface area (Å²) in [5, 5.41) is 18.7. The molecule has 0 bridgehead atoms. The minimum Gasteiger partial charge on any atom is -0.389 e. The summed E-state index contributed by atoms with van der Waals surface area (Å²) < 4.78 is 2.80. The summed E-state index contributed by atoms with van der Waals surface area (Å²) in [4.78, 5) is 28.6. The van der Waals surface area contributed by atoms with Gasteiger partial charge in [-0.3, -0.25) is 9.69 Å². The summed E-state index contributed by atoms with van der Waals surface area (Å²) in [6.45, 7) is 6.32. The number of carbonyl (C=O) groups excluding carboxylic acids is 1. The lowest BCUT2D eigenvalue weighted by Gasteiger charge is -2.52. The molecule has 1 N–H and O–H groups in total. The Bertz CT molecular complexity index is 918. The number of piperidine rings is 2. The van der Waals surface area contributed by atoms with Crippen molar-refractivity contribution in [3.05, 3.63) is 10.5 Å². The minimum atomic E-state index is -0.553. The van der Waals surface area contributed by atoms with Crippen molar-refractivity contribution in [1.82, 2.24) is 24.7 Å². The molecule has 34 heavy (non-hydrogen) atoms. The first-order valence-electron chi connectivity index (χ1n) is 13.8. The zero-order valence-electron chi connectivity index (χ0n) is 21.1. The Morgan fingerprint density at radius 1 is 1.00 bits per heavy atom. The molecule has 1 aromatic rings. The van der Waals surface area contributed by atoms with Gasteiger partial charge in [-0.15, -0.1) is 0 Å². The van der Waals surface area contributed by atoms with Crippen LogP contribution in [0.3, 0.4) is 0 Å². The summed E-state index contributed by atoms with van der Waals surface area (Å²) in [6.07, 6.45) is 12.5. The molecule has 4 aliphatic rings. The van der Waals surface area contributed by atoms with E-state index in [1.165, 1.54) is 22.2 Å². The Hall–Kier alpha value is -1.54. The van der Waals surface area contributed by atoms with Gasteiger partial charge in [0.2, 0.25) is 0 Å². The van der Waals surface area contributed by atoms with Gasteiger partial charge in [-0.25, -0.2) is 4.79 Å². The third-order valence-corrected chi connectivity index (χ3v) is 9.67. The van der Waals surface area contributed by atoms with Gasteiger partial charge < -0.3 is 5.11 Å². The molecule has 2 aliphatic heterocycles. The fourth-order valence-corrected chi connectivity index (χ4v) is 7.72. The number of aliphatic hydroxyl groups is 1. The van der Waals surface area contributed by atoms with Crippen LogP contribution in [0.15, 0.2) is 4.79 Å². The number of Topliss-reactive ketones (excluding diaryl/α,β-unsaturated/α-hetero) is 1. The highest BCUT2D eigenvalue weighted by atomic mass is 16.3. The number of fused-ring (bicyclic) bond motifs is 3. The predicted molar refractivity (Wildman–Crippen MR) is 129 cm³/mol. The number of aromatic nitrogens is 4. The van der Waals surface area contributed by atoms with Crippen molar-refractivity contribution in [2.75, 3.05) is 13.1 Å². The molecule has 3 heterocycles. The number of hydrogen-bond donors (Lipinski definition) is 1. The van der Waals surface area contributed by atoms with Crippen LogP contribution < -0.4 is 5.69 Å². The SMILES string of the molecule is CC1CC[C@H](C(=O)Cn2nnn(C3CCCC3)c2=O)CCC[C@@H]2[C@H]3CC[C@@](C)(O)CN3CC[C@@H]12. The quantitative estimate of drug-likeness (QED) is 0.722. The van der Waals surface area contributed by atoms with Crippen LogP contribution in [0.4, 0.5) is 0 Å². The van der Waals surface area contributed by atoms with Crippen molar-refractivity contribution in [3.63, 3.8) is 0 Å². The fraction of sp³-hybridized carbons (Fsp3) is 0.923. The average Bonchev–Trinajstić information content (AvgIpc) is 3.45. The largest absolute Gasteiger partial charge is 0.389 e. The molecule has 4 fully saturated rings. The predicted octanol–water partition coefficient (Wildman–Crippen LogP) is 3.19. The Labute approximate surface area is 203 Å². The molecule has 1 unspecified atom stereocenters. The van der Waals surface area contributed by atoms with Crippen LogP contribution in [0, 0.1) is 23.7 Å². The Morgan fingerprint density at radius 3 is 2.59 bits per heavy atom. The second-order valence-corrected chi connectivity index (χ2v) is 12.1. The molecule has 6 atom stereocenters. The summed E-state index contributed by atoms with van der Waals surface area (Å²) in [7, 11) is 0. The van der Waals surface area contributed by atoms with Crippen LogP contribution in [0.2, 0.25) is 0 Å². The highest BCUT2D eigenvalue weighted by Crippen LogP contribution is 2.45. The highest BCUT2D eigenvalue weighted by molar-refractivity contribution is 5.80. The lowest BCUT2D eigenvalue weighted by atomic mass is 9.67. The lowest BCUT2D eigenvalue weighted by Crippen LogP contribution is -2.58. The smallest absolute Gasteiger partial charge is 0.364 e.